The smallest absolute Gasteiger partial charge is 0.339 e. The van der Waals surface area contributed by atoms with Gasteiger partial charge in [0.1, 0.15) is 11.3 Å². The SMILES string of the molecule is O=C(O)c1ccoc1CN1C(=O)CCCc2sccc21. The van der Waals surface area contributed by atoms with Crippen LogP contribution in [0, 0.1) is 0 Å². The summed E-state index contributed by atoms with van der Waals surface area (Å²) < 4.78 is 5.24. The lowest BCUT2D eigenvalue weighted by Crippen LogP contribution is -2.29. The molecule has 0 saturated heterocycles. The Balaban J connectivity index is 1.95. The van der Waals surface area contributed by atoms with Crippen molar-refractivity contribution >= 4 is 28.9 Å². The Morgan fingerprint density at radius 1 is 1.40 bits per heavy atom. The van der Waals surface area contributed by atoms with Gasteiger partial charge in [-0.3, -0.25) is 4.79 Å². The molecule has 2 aromatic heterocycles. The first kappa shape index (κ1) is 12.9. The summed E-state index contributed by atoms with van der Waals surface area (Å²) in [6.45, 7) is 0.164. The Bertz CT molecular complexity index is 658. The summed E-state index contributed by atoms with van der Waals surface area (Å²) >= 11 is 1.63. The molecule has 0 unspecified atom stereocenters. The highest BCUT2D eigenvalue weighted by atomic mass is 32.1. The normalized spacial score (nSPS) is 15.0. The molecule has 104 valence electrons. The molecule has 0 fully saturated rings. The molecule has 6 heteroatoms. The van der Waals surface area contributed by atoms with Gasteiger partial charge in [0.2, 0.25) is 5.91 Å². The second kappa shape index (κ2) is 5.13. The van der Waals surface area contributed by atoms with Crippen LogP contribution >= 0.6 is 11.3 Å². The Kier molecular flexibility index (Phi) is 3.31. The van der Waals surface area contributed by atoms with E-state index in [0.29, 0.717) is 12.2 Å². The number of nitrogens with zero attached hydrogens (tertiary/aromatic N) is 1. The van der Waals surface area contributed by atoms with Crippen molar-refractivity contribution in [2.24, 2.45) is 0 Å². The molecule has 2 aromatic rings. The fourth-order valence-corrected chi connectivity index (χ4v) is 3.32. The predicted octanol–water partition coefficient (Wildman–Crippen LogP) is 2.91. The third-order valence-electron chi connectivity index (χ3n) is 3.39. The average molecular weight is 291 g/mol. The van der Waals surface area contributed by atoms with E-state index >= 15 is 0 Å². The Hall–Kier alpha value is -2.08. The lowest BCUT2D eigenvalue weighted by molar-refractivity contribution is -0.118. The maximum Gasteiger partial charge on any atom is 0.339 e. The first-order valence-electron chi connectivity index (χ1n) is 6.33. The maximum atomic E-state index is 12.2. The van der Waals surface area contributed by atoms with Gasteiger partial charge >= 0.3 is 5.97 Å². The van der Waals surface area contributed by atoms with Crippen LogP contribution in [0.25, 0.3) is 0 Å². The zero-order valence-corrected chi connectivity index (χ0v) is 11.5. The Labute approximate surface area is 119 Å². The first-order chi connectivity index (χ1) is 9.66. The fraction of sp³-hybridized carbons (Fsp3) is 0.286. The highest BCUT2D eigenvalue weighted by Crippen LogP contribution is 2.33. The number of rotatable bonds is 3. The number of carbonyl (C=O) groups excluding carboxylic acids is 1. The van der Waals surface area contributed by atoms with Crippen molar-refractivity contribution < 1.29 is 19.1 Å². The van der Waals surface area contributed by atoms with E-state index in [9.17, 15) is 9.59 Å². The highest BCUT2D eigenvalue weighted by Gasteiger charge is 2.26. The summed E-state index contributed by atoms with van der Waals surface area (Å²) in [4.78, 5) is 26.1. The molecule has 0 spiro atoms. The minimum Gasteiger partial charge on any atom is -0.478 e. The van der Waals surface area contributed by atoms with Crippen LogP contribution in [0.3, 0.4) is 0 Å². The third kappa shape index (κ3) is 2.22. The van der Waals surface area contributed by atoms with Crippen LogP contribution in [0.5, 0.6) is 0 Å². The van der Waals surface area contributed by atoms with Crippen LogP contribution in [-0.4, -0.2) is 17.0 Å². The summed E-state index contributed by atoms with van der Waals surface area (Å²) in [7, 11) is 0. The van der Waals surface area contributed by atoms with Gasteiger partial charge in [-0.05, 0) is 30.4 Å². The number of carboxylic acid groups (broad SMARTS) is 1. The molecule has 0 aliphatic carbocycles. The van der Waals surface area contributed by atoms with Crippen LogP contribution in [0.1, 0.15) is 33.8 Å². The monoisotopic (exact) mass is 291 g/mol. The van der Waals surface area contributed by atoms with Crippen molar-refractivity contribution in [3.63, 3.8) is 0 Å². The second-order valence-electron chi connectivity index (χ2n) is 4.63. The summed E-state index contributed by atoms with van der Waals surface area (Å²) in [5.74, 6) is -0.721. The van der Waals surface area contributed by atoms with E-state index in [-0.39, 0.29) is 18.0 Å². The van der Waals surface area contributed by atoms with Gasteiger partial charge in [-0.15, -0.1) is 11.3 Å². The summed E-state index contributed by atoms with van der Waals surface area (Å²) in [5.41, 5.74) is 0.990. The lowest BCUT2D eigenvalue weighted by atomic mass is 10.2. The van der Waals surface area contributed by atoms with E-state index in [0.717, 1.165) is 18.5 Å². The van der Waals surface area contributed by atoms with Crippen molar-refractivity contribution in [3.05, 3.63) is 40.0 Å². The van der Waals surface area contributed by atoms with E-state index in [2.05, 4.69) is 0 Å². The molecular weight excluding hydrogens is 278 g/mol. The van der Waals surface area contributed by atoms with Crippen LogP contribution in [0.2, 0.25) is 0 Å². The van der Waals surface area contributed by atoms with Crippen molar-refractivity contribution in [3.8, 4) is 0 Å². The zero-order chi connectivity index (χ0) is 14.1. The molecule has 0 aromatic carbocycles. The molecule has 3 heterocycles. The number of amides is 1. The number of carboxylic acids is 1. The molecule has 1 amide bonds. The highest BCUT2D eigenvalue weighted by molar-refractivity contribution is 7.10. The van der Waals surface area contributed by atoms with E-state index in [1.165, 1.54) is 17.2 Å². The first-order valence-corrected chi connectivity index (χ1v) is 7.21. The van der Waals surface area contributed by atoms with Crippen LogP contribution < -0.4 is 4.90 Å². The van der Waals surface area contributed by atoms with Gasteiger partial charge in [-0.1, -0.05) is 0 Å². The van der Waals surface area contributed by atoms with E-state index in [4.69, 9.17) is 9.52 Å². The molecule has 5 nitrogen and oxygen atoms in total. The predicted molar refractivity (Wildman–Crippen MR) is 74.1 cm³/mol. The van der Waals surface area contributed by atoms with Gasteiger partial charge in [0.25, 0.3) is 0 Å². The van der Waals surface area contributed by atoms with Crippen LogP contribution in [-0.2, 0) is 17.8 Å². The van der Waals surface area contributed by atoms with E-state index < -0.39 is 5.97 Å². The molecule has 0 bridgehead atoms. The molecule has 0 saturated carbocycles. The van der Waals surface area contributed by atoms with Gasteiger partial charge in [0.05, 0.1) is 18.5 Å². The molecule has 1 aliphatic rings. The van der Waals surface area contributed by atoms with E-state index in [1.54, 1.807) is 16.2 Å². The lowest BCUT2D eigenvalue weighted by Gasteiger charge is -2.20. The van der Waals surface area contributed by atoms with Gasteiger partial charge in [-0.25, -0.2) is 4.79 Å². The number of hydrogen-bond acceptors (Lipinski definition) is 4. The van der Waals surface area contributed by atoms with Crippen molar-refractivity contribution in [2.75, 3.05) is 4.90 Å². The number of thiophene rings is 1. The maximum absolute atomic E-state index is 12.2. The standard InChI is InChI=1S/C14H13NO4S/c16-13-3-1-2-12-10(5-7-20-12)15(13)8-11-9(14(17)18)4-6-19-11/h4-7H,1-3,8H2,(H,17,18). The molecule has 0 atom stereocenters. The number of carbonyl (C=O) groups is 2. The topological polar surface area (TPSA) is 70.8 Å². The molecule has 3 rings (SSSR count). The number of anilines is 1. The van der Waals surface area contributed by atoms with Crippen LogP contribution in [0.4, 0.5) is 5.69 Å². The number of aromatic carboxylic acids is 1. The number of hydrogen-bond donors (Lipinski definition) is 1. The number of furan rings is 1. The number of aryl methyl sites for hydroxylation is 1. The summed E-state index contributed by atoms with van der Waals surface area (Å²) in [5, 5.41) is 11.1. The van der Waals surface area contributed by atoms with Crippen molar-refractivity contribution in [1.29, 1.82) is 0 Å². The number of fused-ring (bicyclic) bond motifs is 1. The quantitative estimate of drug-likeness (QED) is 0.944. The molecule has 20 heavy (non-hydrogen) atoms. The minimum absolute atomic E-state index is 0.00916. The fourth-order valence-electron chi connectivity index (χ4n) is 2.40. The zero-order valence-electron chi connectivity index (χ0n) is 10.7. The Morgan fingerprint density at radius 3 is 3.05 bits per heavy atom. The van der Waals surface area contributed by atoms with Crippen LogP contribution in [0.15, 0.2) is 28.2 Å². The largest absolute Gasteiger partial charge is 0.478 e. The van der Waals surface area contributed by atoms with Crippen molar-refractivity contribution in [2.45, 2.75) is 25.8 Å². The Morgan fingerprint density at radius 2 is 2.25 bits per heavy atom. The van der Waals surface area contributed by atoms with Gasteiger partial charge in [-0.2, -0.15) is 0 Å². The summed E-state index contributed by atoms with van der Waals surface area (Å²) in [6, 6.07) is 3.32. The van der Waals surface area contributed by atoms with Gasteiger partial charge < -0.3 is 14.4 Å². The molecule has 1 N–H and O–H groups in total. The molecule has 1 aliphatic heterocycles. The second-order valence-corrected chi connectivity index (χ2v) is 5.63. The summed E-state index contributed by atoms with van der Waals surface area (Å²) in [6.07, 6.45) is 3.53. The molecular formula is C14H13NO4S. The third-order valence-corrected chi connectivity index (χ3v) is 4.36. The van der Waals surface area contributed by atoms with E-state index in [1.807, 2.05) is 11.4 Å². The van der Waals surface area contributed by atoms with Gasteiger partial charge in [0, 0.05) is 11.3 Å². The minimum atomic E-state index is -1.04. The van der Waals surface area contributed by atoms with Crippen molar-refractivity contribution in [1.82, 2.24) is 0 Å². The molecule has 0 radical (unpaired) electrons. The average Bonchev–Trinajstić information content (AvgIpc) is 3.01. The van der Waals surface area contributed by atoms with Gasteiger partial charge in [0.15, 0.2) is 0 Å².